The highest BCUT2D eigenvalue weighted by molar-refractivity contribution is 5.85. The van der Waals surface area contributed by atoms with Gasteiger partial charge in [0.25, 0.3) is 0 Å². The van der Waals surface area contributed by atoms with Gasteiger partial charge < -0.3 is 15.2 Å². The molecule has 0 heterocycles. The van der Waals surface area contributed by atoms with Crippen molar-refractivity contribution in [3.63, 3.8) is 0 Å². The zero-order valence-corrected chi connectivity index (χ0v) is 10.4. The minimum Gasteiger partial charge on any atom is -0.493 e. The summed E-state index contributed by atoms with van der Waals surface area (Å²) >= 11 is 0. The van der Waals surface area contributed by atoms with Crippen LogP contribution in [0.25, 0.3) is 0 Å². The van der Waals surface area contributed by atoms with Gasteiger partial charge in [-0.3, -0.25) is 0 Å². The maximum absolute atomic E-state index is 13.6. The Kier molecular flexibility index (Phi) is 6.14. The second kappa shape index (κ2) is 6.55. The van der Waals surface area contributed by atoms with E-state index in [1.54, 1.807) is 6.07 Å². The molecule has 0 saturated carbocycles. The summed E-state index contributed by atoms with van der Waals surface area (Å²) < 4.78 is 23.6. The number of benzene rings is 1. The fraction of sp³-hybridized carbons (Fsp3) is 0.455. The van der Waals surface area contributed by atoms with Crippen molar-refractivity contribution in [1.82, 2.24) is 0 Å². The van der Waals surface area contributed by atoms with Gasteiger partial charge in [0.2, 0.25) is 0 Å². The highest BCUT2D eigenvalue weighted by atomic mass is 35.5. The molecule has 0 spiro atoms. The van der Waals surface area contributed by atoms with Gasteiger partial charge in [0.1, 0.15) is 5.82 Å². The third-order valence-electron chi connectivity index (χ3n) is 2.34. The van der Waals surface area contributed by atoms with Crippen LogP contribution in [0.1, 0.15) is 24.9 Å². The average Bonchev–Trinajstić information content (AvgIpc) is 2.27. The predicted octanol–water partition coefficient (Wildman–Crippen LogP) is 2.67. The summed E-state index contributed by atoms with van der Waals surface area (Å²) in [5, 5.41) is 0. The summed E-state index contributed by atoms with van der Waals surface area (Å²) in [7, 11) is 2.98. The van der Waals surface area contributed by atoms with Crippen molar-refractivity contribution in [3.05, 3.63) is 23.5 Å². The van der Waals surface area contributed by atoms with Gasteiger partial charge >= 0.3 is 0 Å². The van der Waals surface area contributed by atoms with Crippen LogP contribution in [0.4, 0.5) is 4.39 Å². The van der Waals surface area contributed by atoms with Crippen molar-refractivity contribution in [2.45, 2.75) is 19.4 Å². The van der Waals surface area contributed by atoms with E-state index in [4.69, 9.17) is 15.2 Å². The first kappa shape index (κ1) is 15.0. The molecule has 0 aromatic heterocycles. The fourth-order valence-electron chi connectivity index (χ4n) is 1.37. The number of halogens is 2. The second-order valence-corrected chi connectivity index (χ2v) is 3.24. The molecule has 3 nitrogen and oxygen atoms in total. The van der Waals surface area contributed by atoms with Gasteiger partial charge in [0.15, 0.2) is 11.5 Å². The number of hydrogen-bond donors (Lipinski definition) is 1. The van der Waals surface area contributed by atoms with E-state index in [1.165, 1.54) is 20.3 Å². The summed E-state index contributed by atoms with van der Waals surface area (Å²) in [6.45, 7) is 1.90. The Morgan fingerprint density at radius 2 is 1.75 bits per heavy atom. The van der Waals surface area contributed by atoms with E-state index in [9.17, 15) is 4.39 Å². The smallest absolute Gasteiger partial charge is 0.163 e. The molecule has 0 radical (unpaired) electrons. The third kappa shape index (κ3) is 3.00. The Morgan fingerprint density at radius 3 is 2.19 bits per heavy atom. The molecular formula is C11H17ClFNO2. The highest BCUT2D eigenvalue weighted by Crippen LogP contribution is 2.32. The molecule has 0 bridgehead atoms. The lowest BCUT2D eigenvalue weighted by atomic mass is 10.0. The third-order valence-corrected chi connectivity index (χ3v) is 2.34. The van der Waals surface area contributed by atoms with Crippen LogP contribution >= 0.6 is 12.4 Å². The molecule has 1 aromatic carbocycles. The average molecular weight is 250 g/mol. The lowest BCUT2D eigenvalue weighted by molar-refractivity contribution is 0.351. The SMILES string of the molecule is CC[C@@H](N)c1cc(OC)c(OC)cc1F.Cl. The van der Waals surface area contributed by atoms with Crippen LogP contribution in [0, 0.1) is 5.82 Å². The molecule has 1 rings (SSSR count). The maximum Gasteiger partial charge on any atom is 0.163 e. The first-order valence-electron chi connectivity index (χ1n) is 4.81. The molecule has 16 heavy (non-hydrogen) atoms. The topological polar surface area (TPSA) is 44.5 Å². The maximum atomic E-state index is 13.6. The zero-order chi connectivity index (χ0) is 11.4. The molecule has 0 amide bonds. The van der Waals surface area contributed by atoms with Crippen LogP contribution in [-0.2, 0) is 0 Å². The molecule has 0 saturated heterocycles. The zero-order valence-electron chi connectivity index (χ0n) is 9.62. The molecule has 1 aromatic rings. The number of hydrogen-bond acceptors (Lipinski definition) is 3. The number of nitrogens with two attached hydrogens (primary N) is 1. The van der Waals surface area contributed by atoms with Crippen LogP contribution in [0.2, 0.25) is 0 Å². The Hall–Kier alpha value is -1.00. The molecule has 1 atom stereocenters. The first-order chi connectivity index (χ1) is 7.13. The van der Waals surface area contributed by atoms with E-state index in [2.05, 4.69) is 0 Å². The Morgan fingerprint density at radius 1 is 1.25 bits per heavy atom. The van der Waals surface area contributed by atoms with Crippen LogP contribution in [0.3, 0.4) is 0 Å². The van der Waals surface area contributed by atoms with Crippen LogP contribution < -0.4 is 15.2 Å². The van der Waals surface area contributed by atoms with Gasteiger partial charge in [0.05, 0.1) is 14.2 Å². The van der Waals surface area contributed by atoms with E-state index in [0.29, 0.717) is 23.5 Å². The van der Waals surface area contributed by atoms with E-state index in [1.807, 2.05) is 6.92 Å². The van der Waals surface area contributed by atoms with E-state index in [0.717, 1.165) is 0 Å². The van der Waals surface area contributed by atoms with E-state index < -0.39 is 0 Å². The quantitative estimate of drug-likeness (QED) is 0.892. The van der Waals surface area contributed by atoms with Crippen molar-refractivity contribution < 1.29 is 13.9 Å². The van der Waals surface area contributed by atoms with Gasteiger partial charge in [-0.2, -0.15) is 0 Å². The lowest BCUT2D eigenvalue weighted by Gasteiger charge is -2.14. The van der Waals surface area contributed by atoms with E-state index >= 15 is 0 Å². The normalized spacial score (nSPS) is 11.6. The Bertz CT molecular complexity index is 347. The van der Waals surface area contributed by atoms with Gasteiger partial charge in [0, 0.05) is 17.7 Å². The van der Waals surface area contributed by atoms with Crippen LogP contribution in [0.5, 0.6) is 11.5 Å². The highest BCUT2D eigenvalue weighted by Gasteiger charge is 2.14. The minimum atomic E-state index is -0.359. The number of methoxy groups -OCH3 is 2. The molecule has 0 unspecified atom stereocenters. The fourth-order valence-corrected chi connectivity index (χ4v) is 1.37. The first-order valence-corrected chi connectivity index (χ1v) is 4.81. The van der Waals surface area contributed by atoms with Crippen molar-refractivity contribution in [3.8, 4) is 11.5 Å². The van der Waals surface area contributed by atoms with Gasteiger partial charge in [-0.05, 0) is 12.5 Å². The molecule has 2 N–H and O–H groups in total. The van der Waals surface area contributed by atoms with Crippen molar-refractivity contribution in [2.75, 3.05) is 14.2 Å². The monoisotopic (exact) mass is 249 g/mol. The summed E-state index contributed by atoms with van der Waals surface area (Å²) in [6.07, 6.45) is 0.673. The summed E-state index contributed by atoms with van der Waals surface area (Å²) in [5.74, 6) is 0.516. The number of rotatable bonds is 4. The Balaban J connectivity index is 0.00000225. The second-order valence-electron chi connectivity index (χ2n) is 3.24. The molecule has 0 aliphatic carbocycles. The minimum absolute atomic E-state index is 0. The summed E-state index contributed by atoms with van der Waals surface area (Å²) in [5.41, 5.74) is 6.23. The predicted molar refractivity (Wildman–Crippen MR) is 64.0 cm³/mol. The van der Waals surface area contributed by atoms with Gasteiger partial charge in [-0.1, -0.05) is 6.92 Å². The van der Waals surface area contributed by atoms with Crippen molar-refractivity contribution in [1.29, 1.82) is 0 Å². The molecule has 0 fully saturated rings. The molecule has 92 valence electrons. The Labute approximate surface area is 101 Å². The summed E-state index contributed by atoms with van der Waals surface area (Å²) in [4.78, 5) is 0. The molecule has 0 aliphatic rings. The van der Waals surface area contributed by atoms with Gasteiger partial charge in [-0.15, -0.1) is 12.4 Å². The van der Waals surface area contributed by atoms with Crippen LogP contribution in [0.15, 0.2) is 12.1 Å². The summed E-state index contributed by atoms with van der Waals surface area (Å²) in [6, 6.07) is 2.57. The van der Waals surface area contributed by atoms with Crippen molar-refractivity contribution in [2.24, 2.45) is 5.73 Å². The van der Waals surface area contributed by atoms with E-state index in [-0.39, 0.29) is 24.3 Å². The lowest BCUT2D eigenvalue weighted by Crippen LogP contribution is -2.11. The molecule has 5 heteroatoms. The standard InChI is InChI=1S/C11H16FNO2.ClH/c1-4-9(13)7-5-10(14-2)11(15-3)6-8(7)12;/h5-6,9H,4,13H2,1-3H3;1H/t9-;/m1./s1. The van der Waals surface area contributed by atoms with Gasteiger partial charge in [-0.25, -0.2) is 4.39 Å². The number of ether oxygens (including phenoxy) is 2. The van der Waals surface area contributed by atoms with Crippen LogP contribution in [-0.4, -0.2) is 14.2 Å². The molecular weight excluding hydrogens is 233 g/mol. The molecule has 0 aliphatic heterocycles. The largest absolute Gasteiger partial charge is 0.493 e. The van der Waals surface area contributed by atoms with Crippen molar-refractivity contribution >= 4 is 12.4 Å².